The Morgan fingerprint density at radius 1 is 1.44 bits per heavy atom. The Hall–Kier alpha value is -1.43. The van der Waals surface area contributed by atoms with Crippen molar-refractivity contribution >= 4 is 23.1 Å². The molecule has 0 aromatic carbocycles. The zero-order chi connectivity index (χ0) is 12.1. The smallest absolute Gasteiger partial charge is 0.383 e. The highest BCUT2D eigenvalue weighted by atomic mass is 35.5. The van der Waals surface area contributed by atoms with Crippen molar-refractivity contribution in [2.75, 3.05) is 5.73 Å². The second-order valence-corrected chi connectivity index (χ2v) is 3.76. The number of nitrogens with two attached hydrogens (primary N) is 1. The van der Waals surface area contributed by atoms with Crippen LogP contribution in [0.2, 0.25) is 5.02 Å². The number of rotatable bonds is 0. The highest BCUT2D eigenvalue weighted by Gasteiger charge is 2.32. The van der Waals surface area contributed by atoms with E-state index in [-0.39, 0.29) is 16.5 Å². The van der Waals surface area contributed by atoms with Crippen molar-refractivity contribution in [3.05, 3.63) is 28.5 Å². The fourth-order valence-corrected chi connectivity index (χ4v) is 1.64. The lowest BCUT2D eigenvalue weighted by Crippen LogP contribution is -2.07. The number of hydrogen-bond acceptors (Lipinski definition) is 2. The first-order valence-electron chi connectivity index (χ1n) is 4.31. The van der Waals surface area contributed by atoms with Crippen molar-refractivity contribution < 1.29 is 13.2 Å². The first kappa shape index (κ1) is 11.1. The van der Waals surface area contributed by atoms with Crippen LogP contribution in [0.1, 0.15) is 11.3 Å². The maximum Gasteiger partial charge on any atom is 0.417 e. The summed E-state index contributed by atoms with van der Waals surface area (Å²) in [4.78, 5) is 3.97. The van der Waals surface area contributed by atoms with E-state index in [1.165, 1.54) is 0 Å². The minimum Gasteiger partial charge on any atom is -0.383 e. The number of hydrogen-bond donors (Lipinski definition) is 1. The summed E-state index contributed by atoms with van der Waals surface area (Å²) in [5.41, 5.74) is 5.41. The molecule has 2 rings (SSSR count). The quantitative estimate of drug-likeness (QED) is 0.780. The van der Waals surface area contributed by atoms with Crippen molar-refractivity contribution in [1.29, 1.82) is 0 Å². The second kappa shape index (κ2) is 3.28. The van der Waals surface area contributed by atoms with E-state index < -0.39 is 11.7 Å². The molecule has 0 amide bonds. The van der Waals surface area contributed by atoms with Gasteiger partial charge in [-0.15, -0.1) is 0 Å². The van der Waals surface area contributed by atoms with Crippen molar-refractivity contribution in [2.24, 2.45) is 0 Å². The fraction of sp³-hybridized carbons (Fsp3) is 0.222. The average Bonchev–Trinajstić information content (AvgIpc) is 2.44. The summed E-state index contributed by atoms with van der Waals surface area (Å²) < 4.78 is 38.6. The van der Waals surface area contributed by atoms with E-state index in [9.17, 15) is 13.2 Å². The van der Waals surface area contributed by atoms with Crippen LogP contribution in [0.4, 0.5) is 19.0 Å². The van der Waals surface area contributed by atoms with Crippen LogP contribution < -0.4 is 5.73 Å². The summed E-state index contributed by atoms with van der Waals surface area (Å²) in [5, 5.41) is -0.0744. The molecule has 0 aliphatic heterocycles. The second-order valence-electron chi connectivity index (χ2n) is 3.35. The number of pyridine rings is 1. The van der Waals surface area contributed by atoms with Gasteiger partial charge in [-0.1, -0.05) is 11.6 Å². The molecule has 0 fully saturated rings. The average molecular weight is 250 g/mol. The first-order valence-corrected chi connectivity index (χ1v) is 4.69. The van der Waals surface area contributed by atoms with Crippen molar-refractivity contribution in [1.82, 2.24) is 9.38 Å². The van der Waals surface area contributed by atoms with Gasteiger partial charge in [-0.25, -0.2) is 4.98 Å². The van der Waals surface area contributed by atoms with E-state index in [1.54, 1.807) is 6.92 Å². The summed E-state index contributed by atoms with van der Waals surface area (Å²) in [6, 6.07) is 0.836. The Bertz CT molecular complexity index is 559. The Morgan fingerprint density at radius 2 is 2.06 bits per heavy atom. The van der Waals surface area contributed by atoms with Crippen LogP contribution >= 0.6 is 11.6 Å². The molecule has 7 heteroatoms. The third-order valence-corrected chi connectivity index (χ3v) is 2.50. The number of fused-ring (bicyclic) bond motifs is 1. The van der Waals surface area contributed by atoms with Gasteiger partial charge in [0.25, 0.3) is 0 Å². The topological polar surface area (TPSA) is 43.3 Å². The van der Waals surface area contributed by atoms with Gasteiger partial charge >= 0.3 is 6.18 Å². The zero-order valence-electron chi connectivity index (χ0n) is 8.14. The normalized spacial score (nSPS) is 12.3. The van der Waals surface area contributed by atoms with Gasteiger partial charge in [0.15, 0.2) is 5.65 Å². The molecule has 86 valence electrons. The van der Waals surface area contributed by atoms with E-state index in [0.717, 1.165) is 16.7 Å². The minimum atomic E-state index is -4.46. The van der Waals surface area contributed by atoms with E-state index >= 15 is 0 Å². The van der Waals surface area contributed by atoms with Crippen LogP contribution in [0.15, 0.2) is 12.3 Å². The number of aromatic nitrogens is 2. The molecular weight excluding hydrogens is 243 g/mol. The van der Waals surface area contributed by atoms with Gasteiger partial charge in [-0.05, 0) is 13.0 Å². The third kappa shape index (κ3) is 1.59. The molecule has 0 spiro atoms. The number of imidazole rings is 1. The molecule has 0 saturated heterocycles. The molecule has 16 heavy (non-hydrogen) atoms. The maximum atomic E-state index is 12.5. The predicted molar refractivity (Wildman–Crippen MR) is 54.4 cm³/mol. The number of alkyl halides is 3. The summed E-state index contributed by atoms with van der Waals surface area (Å²) in [7, 11) is 0. The summed E-state index contributed by atoms with van der Waals surface area (Å²) in [6.45, 7) is 1.60. The van der Waals surface area contributed by atoms with Gasteiger partial charge in [0.2, 0.25) is 0 Å². The molecule has 0 atom stereocenters. The highest BCUT2D eigenvalue weighted by Crippen LogP contribution is 2.33. The summed E-state index contributed by atoms with van der Waals surface area (Å²) in [6.07, 6.45) is -3.57. The molecule has 2 heterocycles. The molecule has 3 nitrogen and oxygen atoms in total. The van der Waals surface area contributed by atoms with Crippen LogP contribution in [0, 0.1) is 6.92 Å². The molecule has 0 aliphatic carbocycles. The molecule has 0 unspecified atom stereocenters. The Kier molecular flexibility index (Phi) is 2.27. The van der Waals surface area contributed by atoms with Gasteiger partial charge in [0.1, 0.15) is 5.82 Å². The molecule has 0 bridgehead atoms. The molecule has 0 aliphatic rings. The Morgan fingerprint density at radius 3 is 2.62 bits per heavy atom. The largest absolute Gasteiger partial charge is 0.417 e. The molecule has 2 N–H and O–H groups in total. The monoisotopic (exact) mass is 249 g/mol. The zero-order valence-corrected chi connectivity index (χ0v) is 8.89. The van der Waals surface area contributed by atoms with Crippen molar-refractivity contribution in [3.8, 4) is 0 Å². The lowest BCUT2D eigenvalue weighted by atomic mass is 10.3. The lowest BCUT2D eigenvalue weighted by Gasteiger charge is -2.08. The van der Waals surface area contributed by atoms with Crippen LogP contribution in [-0.2, 0) is 6.18 Å². The number of halogens is 4. The molecule has 2 aromatic rings. The molecule has 0 radical (unpaired) electrons. The number of nitrogen functional groups attached to an aromatic ring is 1. The molecule has 2 aromatic heterocycles. The van der Waals surface area contributed by atoms with Gasteiger partial charge in [0.05, 0.1) is 16.3 Å². The summed E-state index contributed by atoms with van der Waals surface area (Å²) >= 11 is 5.71. The minimum absolute atomic E-state index is 0.0744. The SMILES string of the molecule is Cc1nc2c(Cl)cc(C(F)(F)F)cn2c1N. The maximum absolute atomic E-state index is 12.5. The number of nitrogens with zero attached hydrogens (tertiary/aromatic N) is 2. The van der Waals surface area contributed by atoms with E-state index in [2.05, 4.69) is 4.98 Å². The number of anilines is 1. The van der Waals surface area contributed by atoms with Gasteiger partial charge in [-0.3, -0.25) is 4.40 Å². The third-order valence-electron chi connectivity index (χ3n) is 2.22. The Balaban J connectivity index is 2.80. The number of aryl methyl sites for hydroxylation is 1. The van der Waals surface area contributed by atoms with Crippen LogP contribution in [-0.4, -0.2) is 9.38 Å². The Labute approximate surface area is 93.6 Å². The van der Waals surface area contributed by atoms with Gasteiger partial charge in [0, 0.05) is 6.20 Å². The molecule has 0 saturated carbocycles. The predicted octanol–water partition coefficient (Wildman–Crippen LogP) is 2.90. The van der Waals surface area contributed by atoms with E-state index in [4.69, 9.17) is 17.3 Å². The van der Waals surface area contributed by atoms with Gasteiger partial charge in [-0.2, -0.15) is 13.2 Å². The molecular formula is C9H7ClF3N3. The van der Waals surface area contributed by atoms with Crippen LogP contribution in [0.25, 0.3) is 5.65 Å². The van der Waals surface area contributed by atoms with Crippen molar-refractivity contribution in [3.63, 3.8) is 0 Å². The van der Waals surface area contributed by atoms with Crippen LogP contribution in [0.3, 0.4) is 0 Å². The van der Waals surface area contributed by atoms with E-state index in [1.807, 2.05) is 0 Å². The summed E-state index contributed by atoms with van der Waals surface area (Å²) in [5.74, 6) is 0.156. The lowest BCUT2D eigenvalue weighted by molar-refractivity contribution is -0.137. The highest BCUT2D eigenvalue weighted by molar-refractivity contribution is 6.33. The first-order chi connectivity index (χ1) is 7.30. The van der Waals surface area contributed by atoms with Crippen LogP contribution in [0.5, 0.6) is 0 Å². The fourth-order valence-electron chi connectivity index (χ4n) is 1.39. The van der Waals surface area contributed by atoms with Crippen molar-refractivity contribution in [2.45, 2.75) is 13.1 Å². The standard InChI is InChI=1S/C9H7ClF3N3/c1-4-7(14)16-3-5(9(11,12)13)2-6(10)8(16)15-4/h2-3H,14H2,1H3. The van der Waals surface area contributed by atoms with E-state index in [0.29, 0.717) is 5.69 Å². The van der Waals surface area contributed by atoms with Gasteiger partial charge < -0.3 is 5.73 Å².